The van der Waals surface area contributed by atoms with E-state index in [9.17, 15) is 0 Å². The molecule has 0 spiro atoms. The van der Waals surface area contributed by atoms with Crippen molar-refractivity contribution in [3.05, 3.63) is 157 Å². The topological polar surface area (TPSA) is 0 Å². The van der Waals surface area contributed by atoms with Crippen LogP contribution in [0, 0.1) is 0 Å². The van der Waals surface area contributed by atoms with Crippen molar-refractivity contribution in [2.24, 2.45) is 0 Å². The molecule has 0 aliphatic heterocycles. The van der Waals surface area contributed by atoms with Crippen molar-refractivity contribution in [3.8, 4) is 44.5 Å². The summed E-state index contributed by atoms with van der Waals surface area (Å²) < 4.78 is 0. The molecule has 0 aliphatic rings. The average molecular weight is 577 g/mol. The van der Waals surface area contributed by atoms with Crippen LogP contribution in [0.25, 0.3) is 76.8 Å². The highest BCUT2D eigenvalue weighted by Crippen LogP contribution is 2.46. The molecule has 216 valence electrons. The lowest BCUT2D eigenvalue weighted by Gasteiger charge is -2.28. The van der Waals surface area contributed by atoms with Crippen LogP contribution in [0.5, 0.6) is 0 Å². The van der Waals surface area contributed by atoms with Gasteiger partial charge in [-0.1, -0.05) is 166 Å². The second-order valence-corrected chi connectivity index (χ2v) is 13.0. The summed E-state index contributed by atoms with van der Waals surface area (Å²) in [5.74, 6) is 0. The second kappa shape index (κ2) is 10.8. The van der Waals surface area contributed by atoms with Gasteiger partial charge in [-0.05, 0) is 100 Å². The molecule has 0 bridgehead atoms. The van der Waals surface area contributed by atoms with E-state index in [0.29, 0.717) is 0 Å². The lowest BCUT2D eigenvalue weighted by Crippen LogP contribution is -2.16. The Bertz CT molecular complexity index is 2270. The van der Waals surface area contributed by atoms with Crippen LogP contribution in [0.15, 0.2) is 152 Å². The van der Waals surface area contributed by atoms with Gasteiger partial charge < -0.3 is 0 Å². The van der Waals surface area contributed by atoms with Crippen molar-refractivity contribution in [1.29, 1.82) is 0 Å². The van der Waals surface area contributed by atoms with E-state index in [1.165, 1.54) is 82.4 Å². The third-order valence-corrected chi connectivity index (χ3v) is 10.0. The van der Waals surface area contributed by atoms with Crippen LogP contribution in [0.3, 0.4) is 0 Å². The molecule has 8 rings (SSSR count). The molecule has 0 nitrogen and oxygen atoms in total. The van der Waals surface area contributed by atoms with E-state index in [2.05, 4.69) is 172 Å². The summed E-state index contributed by atoms with van der Waals surface area (Å²) in [7, 11) is 0. The van der Waals surface area contributed by atoms with Crippen LogP contribution < -0.4 is 0 Å². The van der Waals surface area contributed by atoms with Crippen molar-refractivity contribution in [1.82, 2.24) is 0 Å². The van der Waals surface area contributed by atoms with Gasteiger partial charge >= 0.3 is 0 Å². The Morgan fingerprint density at radius 3 is 1.42 bits per heavy atom. The van der Waals surface area contributed by atoms with E-state index in [1.807, 2.05) is 0 Å². The Labute approximate surface area is 266 Å². The zero-order chi connectivity index (χ0) is 30.5. The number of hydrogen-bond donors (Lipinski definition) is 0. The first-order valence-electron chi connectivity index (χ1n) is 16.1. The molecule has 0 aliphatic carbocycles. The van der Waals surface area contributed by atoms with E-state index in [1.54, 1.807) is 0 Å². The summed E-state index contributed by atoms with van der Waals surface area (Å²) >= 11 is 0. The zero-order valence-electron chi connectivity index (χ0n) is 26.1. The van der Waals surface area contributed by atoms with Crippen LogP contribution in [0.1, 0.15) is 32.8 Å². The van der Waals surface area contributed by atoms with Gasteiger partial charge in [0.05, 0.1) is 0 Å². The number of rotatable bonds is 6. The standard InChI is InChI=1S/C45H36/c1-4-45(2,3)42-29-41(35-21-17-33(18-22-35)31-13-9-6-10-14-31)39-26-24-36-23-25-37(38-27-28-40(42)44(39)43(36)38)34-19-15-32(16-20-34)30-11-7-5-8-12-30/h5-29H,4H2,1-3H3. The van der Waals surface area contributed by atoms with Crippen LogP contribution in [-0.4, -0.2) is 0 Å². The van der Waals surface area contributed by atoms with Crippen molar-refractivity contribution < 1.29 is 0 Å². The summed E-state index contributed by atoms with van der Waals surface area (Å²) in [5, 5.41) is 8.05. The predicted molar refractivity (Wildman–Crippen MR) is 195 cm³/mol. The average Bonchev–Trinajstić information content (AvgIpc) is 3.11. The SMILES string of the molecule is CCC(C)(C)c1cc(-c2ccc(-c3ccccc3)cc2)c2ccc3ccc(-c4ccc(-c5ccccc5)cc4)c4ccc1c2c34. The first-order chi connectivity index (χ1) is 22.0. The van der Waals surface area contributed by atoms with Crippen LogP contribution >= 0.6 is 0 Å². The summed E-state index contributed by atoms with van der Waals surface area (Å²) in [6.45, 7) is 7.09. The van der Waals surface area contributed by atoms with E-state index in [4.69, 9.17) is 0 Å². The lowest BCUT2D eigenvalue weighted by molar-refractivity contribution is 0.511. The van der Waals surface area contributed by atoms with Gasteiger partial charge in [-0.2, -0.15) is 0 Å². The van der Waals surface area contributed by atoms with Crippen LogP contribution in [0.4, 0.5) is 0 Å². The Hall–Kier alpha value is -5.20. The summed E-state index contributed by atoms with van der Waals surface area (Å²) in [4.78, 5) is 0. The van der Waals surface area contributed by atoms with Gasteiger partial charge in [0.2, 0.25) is 0 Å². The molecule has 0 N–H and O–H groups in total. The fraction of sp³-hybridized carbons (Fsp3) is 0.111. The van der Waals surface area contributed by atoms with Crippen LogP contribution in [-0.2, 0) is 5.41 Å². The molecule has 0 heteroatoms. The zero-order valence-corrected chi connectivity index (χ0v) is 26.1. The maximum atomic E-state index is 2.48. The van der Waals surface area contributed by atoms with Gasteiger partial charge in [-0.15, -0.1) is 0 Å². The number of benzene rings is 8. The number of hydrogen-bond acceptors (Lipinski definition) is 0. The molecule has 0 aromatic heterocycles. The fourth-order valence-corrected chi connectivity index (χ4v) is 7.08. The van der Waals surface area contributed by atoms with Crippen molar-refractivity contribution in [2.45, 2.75) is 32.6 Å². The maximum absolute atomic E-state index is 2.48. The highest BCUT2D eigenvalue weighted by molar-refractivity contribution is 6.28. The van der Waals surface area contributed by atoms with Gasteiger partial charge in [0.1, 0.15) is 0 Å². The molecule has 0 atom stereocenters. The summed E-state index contributed by atoms with van der Waals surface area (Å²) in [5.41, 5.74) is 11.5. The molecule has 0 saturated carbocycles. The van der Waals surface area contributed by atoms with Gasteiger partial charge in [0, 0.05) is 0 Å². The molecule has 0 saturated heterocycles. The Morgan fingerprint density at radius 1 is 0.400 bits per heavy atom. The van der Waals surface area contributed by atoms with Crippen molar-refractivity contribution in [2.75, 3.05) is 0 Å². The molecule has 8 aromatic rings. The summed E-state index contributed by atoms with van der Waals surface area (Å²) in [6, 6.07) is 56.0. The molecular weight excluding hydrogens is 540 g/mol. The minimum Gasteiger partial charge on any atom is -0.0646 e. The van der Waals surface area contributed by atoms with E-state index in [-0.39, 0.29) is 5.41 Å². The monoisotopic (exact) mass is 576 g/mol. The van der Waals surface area contributed by atoms with Crippen molar-refractivity contribution in [3.63, 3.8) is 0 Å². The smallest absolute Gasteiger partial charge is 0.00174 e. The molecule has 0 heterocycles. The third-order valence-electron chi connectivity index (χ3n) is 10.0. The van der Waals surface area contributed by atoms with Crippen LogP contribution in [0.2, 0.25) is 0 Å². The second-order valence-electron chi connectivity index (χ2n) is 13.0. The molecule has 0 fully saturated rings. The largest absolute Gasteiger partial charge is 0.0646 e. The Kier molecular flexibility index (Phi) is 6.54. The van der Waals surface area contributed by atoms with Crippen molar-refractivity contribution >= 4 is 32.3 Å². The fourth-order valence-electron chi connectivity index (χ4n) is 7.08. The van der Waals surface area contributed by atoms with Gasteiger partial charge in [-0.25, -0.2) is 0 Å². The van der Waals surface area contributed by atoms with E-state index in [0.717, 1.165) is 6.42 Å². The first kappa shape index (κ1) is 27.4. The Morgan fingerprint density at radius 2 is 0.844 bits per heavy atom. The minimum absolute atomic E-state index is 0.0388. The highest BCUT2D eigenvalue weighted by Gasteiger charge is 2.25. The Balaban J connectivity index is 1.35. The molecule has 45 heavy (non-hydrogen) atoms. The molecule has 0 unspecified atom stereocenters. The van der Waals surface area contributed by atoms with Gasteiger partial charge in [0.25, 0.3) is 0 Å². The van der Waals surface area contributed by atoms with E-state index < -0.39 is 0 Å². The molecular formula is C45H36. The third kappa shape index (κ3) is 4.61. The lowest BCUT2D eigenvalue weighted by atomic mass is 9.76. The van der Waals surface area contributed by atoms with E-state index >= 15 is 0 Å². The highest BCUT2D eigenvalue weighted by atomic mass is 14.3. The van der Waals surface area contributed by atoms with Gasteiger partial charge in [-0.3, -0.25) is 0 Å². The normalized spacial score (nSPS) is 12.0. The maximum Gasteiger partial charge on any atom is -0.00174 e. The quantitative estimate of drug-likeness (QED) is 0.173. The molecule has 8 aromatic carbocycles. The molecule has 0 amide bonds. The van der Waals surface area contributed by atoms with Gasteiger partial charge in [0.15, 0.2) is 0 Å². The predicted octanol–water partition coefficient (Wildman–Crippen LogP) is 12.9. The first-order valence-corrected chi connectivity index (χ1v) is 16.1. The molecule has 0 radical (unpaired) electrons. The minimum atomic E-state index is 0.0388. The summed E-state index contributed by atoms with van der Waals surface area (Å²) in [6.07, 6.45) is 1.07.